The van der Waals surface area contributed by atoms with Crippen LogP contribution >= 0.6 is 0 Å². The van der Waals surface area contributed by atoms with Crippen molar-refractivity contribution in [3.8, 4) is 80.1 Å². The molecular weight excluding hydrogens is 1710 g/mol. The van der Waals surface area contributed by atoms with E-state index in [2.05, 4.69) is 0 Å². The van der Waals surface area contributed by atoms with Crippen LogP contribution < -0.4 is 47.4 Å². The molecule has 15 aromatic rings. The highest BCUT2D eigenvalue weighted by molar-refractivity contribution is 6.09. The van der Waals surface area contributed by atoms with Crippen molar-refractivity contribution >= 4 is 29.6 Å². The summed E-state index contributed by atoms with van der Waals surface area (Å²) < 4.78 is 110. The van der Waals surface area contributed by atoms with Gasteiger partial charge in [-0.15, -0.1) is 0 Å². The molecule has 25 heteroatoms. The van der Waals surface area contributed by atoms with Crippen molar-refractivity contribution < 1.29 is 110 Å². The maximum atomic E-state index is 17.1. The summed E-state index contributed by atoms with van der Waals surface area (Å²) >= 11 is 0. The Hall–Kier alpha value is -16.9. The van der Waals surface area contributed by atoms with E-state index in [4.69, 9.17) is 75.8 Å². The molecule has 25 nitrogen and oxygen atoms in total. The summed E-state index contributed by atoms with van der Waals surface area (Å²) in [6.45, 7) is -2.09. The molecule has 0 aliphatic carbocycles. The largest absolute Gasteiger partial charge is 0.504 e. The molecule has 0 unspecified atom stereocenters. The number of para-hydroxylation sites is 1. The second-order valence-electron chi connectivity index (χ2n) is 31.8. The summed E-state index contributed by atoms with van der Waals surface area (Å²) in [7, 11) is 0. The first-order valence-electron chi connectivity index (χ1n) is 43.1. The topological polar surface area (TPSA) is 300 Å². The Morgan fingerprint density at radius 2 is 0.731 bits per heavy atom. The lowest BCUT2D eigenvalue weighted by molar-refractivity contribution is -0.386. The fraction of sp³-hybridized carbons (Fsp3) is 0.138. The summed E-state index contributed by atoms with van der Waals surface area (Å²) in [5, 5.41) is 39.7. The number of fused-ring (bicyclic) bond motifs is 7. The second kappa shape index (κ2) is 38.8. The van der Waals surface area contributed by atoms with Gasteiger partial charge in [-0.1, -0.05) is 315 Å². The third kappa shape index (κ3) is 18.3. The lowest BCUT2D eigenvalue weighted by Crippen LogP contribution is -2.63. The minimum Gasteiger partial charge on any atom is -0.504 e. The molecule has 19 rings (SSSR count). The van der Waals surface area contributed by atoms with Gasteiger partial charge in [0.05, 0.1) is 39.3 Å². The number of cyclic esters (lactones) is 1. The fourth-order valence-corrected chi connectivity index (χ4v) is 16.4. The summed E-state index contributed by atoms with van der Waals surface area (Å²) in [6, 6.07) is 104. The van der Waals surface area contributed by atoms with Crippen molar-refractivity contribution in [1.82, 2.24) is 0 Å². The van der Waals surface area contributed by atoms with Crippen LogP contribution in [0.15, 0.2) is 364 Å². The average molecular weight is 1790 g/mol. The van der Waals surface area contributed by atoms with Gasteiger partial charge in [0.1, 0.15) is 52.4 Å². The van der Waals surface area contributed by atoms with Gasteiger partial charge < -0.3 is 86.0 Å². The number of phenols is 2. The second-order valence-corrected chi connectivity index (χ2v) is 31.8. The molecule has 1 fully saturated rings. The number of nitrogens with zero attached hydrogens (tertiary/aromatic N) is 1. The maximum Gasteiger partial charge on any atom is 0.339 e. The Bertz CT molecular complexity index is 6540. The van der Waals surface area contributed by atoms with Crippen LogP contribution in [0.4, 0.5) is 5.69 Å². The van der Waals surface area contributed by atoms with Gasteiger partial charge in [0, 0.05) is 39.4 Å². The van der Waals surface area contributed by atoms with Crippen molar-refractivity contribution in [2.24, 2.45) is 0 Å². The molecule has 134 heavy (non-hydrogen) atoms. The van der Waals surface area contributed by atoms with E-state index < -0.39 is 135 Å². The van der Waals surface area contributed by atoms with Crippen LogP contribution in [-0.4, -0.2) is 76.3 Å². The summed E-state index contributed by atoms with van der Waals surface area (Å²) in [5.74, 6) is -12.0. The van der Waals surface area contributed by atoms with Gasteiger partial charge in [-0.2, -0.15) is 0 Å². The van der Waals surface area contributed by atoms with Crippen molar-refractivity contribution in [3.05, 3.63) is 458 Å². The minimum atomic E-state index is -2.28. The molecule has 4 aliphatic heterocycles. The van der Waals surface area contributed by atoms with Gasteiger partial charge >= 0.3 is 35.5 Å². The van der Waals surface area contributed by atoms with Crippen molar-refractivity contribution in [2.45, 2.75) is 88.5 Å². The molecule has 5 atom stereocenters. The molecular formula is C109H83NO24. The monoisotopic (exact) mass is 1790 g/mol. The predicted octanol–water partition coefficient (Wildman–Crippen LogP) is 20.6. The average Bonchev–Trinajstić information content (AvgIpc) is 1.54. The fourth-order valence-electron chi connectivity index (χ4n) is 16.4. The zero-order valence-corrected chi connectivity index (χ0v) is 71.5. The van der Waals surface area contributed by atoms with E-state index in [1.165, 1.54) is 54.6 Å². The number of ether oxygens (including phenoxy) is 16. The number of carbonyl (C=O) groups excluding carboxylic acids is 4. The Morgan fingerprint density at radius 3 is 1.14 bits per heavy atom. The molecule has 4 aliphatic rings. The number of nitro benzene ring substituents is 1. The SMILES string of the molecule is O=C(O[C@@H]1[C@@H](OC(=O)c2cc(OCc3ccccc3)c(OCc3ccccc3)c(OCc3ccccc3)c2)[C@H](OCc2ccccc2[N+](=O)[O-])O[C@@H]2COC(=O)c3cc4c(c(O)c3-c3c(cc(O)c5c3OC(c3ccccc3)(c3ccccc3)O5)C(=O)O[C@@H]12)OC(c1ccccc1)(c1ccccc1)O4)c1cc(OCc2ccccc2)c(OCc2ccccc2)c(OCc2ccccc2)c1. The normalized spacial score (nSPS) is 16.4. The number of hydrogen-bond acceptors (Lipinski definition) is 24. The van der Waals surface area contributed by atoms with Crippen LogP contribution in [-0.2, 0) is 86.2 Å². The zero-order chi connectivity index (χ0) is 91.5. The number of hydrogen-bond donors (Lipinski definition) is 2. The van der Waals surface area contributed by atoms with Crippen molar-refractivity contribution in [2.75, 3.05) is 6.61 Å². The predicted molar refractivity (Wildman–Crippen MR) is 487 cm³/mol. The molecule has 15 aromatic carbocycles. The van der Waals surface area contributed by atoms with E-state index in [1.54, 1.807) is 121 Å². The lowest BCUT2D eigenvalue weighted by atomic mass is 9.91. The van der Waals surface area contributed by atoms with E-state index in [9.17, 15) is 20.3 Å². The van der Waals surface area contributed by atoms with Gasteiger partial charge in [-0.3, -0.25) is 10.1 Å². The molecule has 4 heterocycles. The highest BCUT2D eigenvalue weighted by atomic mass is 16.8. The number of esters is 4. The Balaban J connectivity index is 0.808. The molecule has 1 saturated heterocycles. The van der Waals surface area contributed by atoms with Gasteiger partial charge in [-0.05, 0) is 75.8 Å². The molecule has 0 radical (unpaired) electrons. The van der Waals surface area contributed by atoms with Crippen molar-refractivity contribution in [1.29, 1.82) is 0 Å². The first-order valence-corrected chi connectivity index (χ1v) is 43.1. The van der Waals surface area contributed by atoms with E-state index in [1.807, 2.05) is 182 Å². The van der Waals surface area contributed by atoms with E-state index >= 15 is 19.2 Å². The van der Waals surface area contributed by atoms with Crippen LogP contribution in [0.5, 0.6) is 69.0 Å². The quantitative estimate of drug-likeness (QED) is 0.0183. The number of benzene rings is 15. The molecule has 0 aromatic heterocycles. The van der Waals surface area contributed by atoms with Gasteiger partial charge in [0.25, 0.3) is 5.69 Å². The Kier molecular flexibility index (Phi) is 25.0. The van der Waals surface area contributed by atoms with E-state index in [0.717, 1.165) is 28.3 Å². The summed E-state index contributed by atoms with van der Waals surface area (Å²) in [6.07, 6.45) is -10.8. The number of carbonyl (C=O) groups is 4. The van der Waals surface area contributed by atoms with Crippen LogP contribution in [0.1, 0.15) is 103 Å². The van der Waals surface area contributed by atoms with Gasteiger partial charge in [0.2, 0.25) is 23.0 Å². The van der Waals surface area contributed by atoms with E-state index in [-0.39, 0.29) is 102 Å². The highest BCUT2D eigenvalue weighted by Gasteiger charge is 2.57. The third-order valence-electron chi connectivity index (χ3n) is 22.9. The maximum absolute atomic E-state index is 17.1. The smallest absolute Gasteiger partial charge is 0.339 e. The molecule has 0 amide bonds. The molecule has 2 N–H and O–H groups in total. The van der Waals surface area contributed by atoms with Crippen LogP contribution in [0.25, 0.3) is 11.1 Å². The molecule has 0 saturated carbocycles. The Labute approximate surface area is 768 Å². The number of nitro groups is 1. The summed E-state index contributed by atoms with van der Waals surface area (Å²) in [4.78, 5) is 79.1. The highest BCUT2D eigenvalue weighted by Crippen LogP contribution is 2.63. The zero-order valence-electron chi connectivity index (χ0n) is 71.5. The lowest BCUT2D eigenvalue weighted by Gasteiger charge is -2.44. The first-order chi connectivity index (χ1) is 65.7. The Morgan fingerprint density at radius 1 is 0.381 bits per heavy atom. The number of phenolic OH excluding ortho intramolecular Hbond substituents is 2. The van der Waals surface area contributed by atoms with Crippen LogP contribution in [0, 0.1) is 10.1 Å². The van der Waals surface area contributed by atoms with Gasteiger partial charge in [-0.25, -0.2) is 19.2 Å². The third-order valence-corrected chi connectivity index (χ3v) is 22.9. The van der Waals surface area contributed by atoms with E-state index in [0.29, 0.717) is 33.4 Å². The molecule has 0 spiro atoms. The van der Waals surface area contributed by atoms with Crippen LogP contribution in [0.3, 0.4) is 0 Å². The summed E-state index contributed by atoms with van der Waals surface area (Å²) in [5.41, 5.74) is 2.78. The first kappa shape index (κ1) is 86.5. The van der Waals surface area contributed by atoms with Gasteiger partial charge in [0.15, 0.2) is 70.6 Å². The number of aromatic hydroxyl groups is 2. The standard InChI is InChI=1S/C109H83NO24/c111-85-59-82-93(100-95(85)132-109(134-100,80-50-27-9-28-51-80)81-52-29-10-30-53-81)92-83(60-90-98(94(92)112)133-108(131-90,78-46-23-7-24-47-78)79-48-25-8-26-49-79)105(115)125-68-91-99(128-106(82)116)101(129-103(113)76-55-86(119-61-69-33-11-1-12-34-69)96(123-65-73-41-19-5-20-42-73)87(56-76)120-62-70-35-13-2-14-36-70)102(107(127-91)126-67-75-45-31-32-54-84(75)110(117)118)130-104(114)77-57-88(121-63-71-37-15-3-16-38-71)97(124-66-74-43-21-6-22-44-74)89(58-77)122-64-72-39-17-4-18-40-72/h1-60,91,99,101-102,107,111-112H,61-68H2/t91-,99-,101+,102-,107-/m1/s1. The van der Waals surface area contributed by atoms with Crippen molar-refractivity contribution in [3.63, 3.8) is 0 Å². The molecule has 0 bridgehead atoms. The number of rotatable bonds is 30. The molecule has 668 valence electrons. The van der Waals surface area contributed by atoms with Crippen LogP contribution in [0.2, 0.25) is 0 Å². The minimum absolute atomic E-state index is 0.0157.